The standard InChI is InChI=1S/C27H40N4O4S/c28-26(33)27(30-16-4-1-5-17-30)14-19-29(20-15-27)25(32)22-10-12-23(13-11-22)36(34,35)31-18-6-8-21-7-2-3-9-24(21)31/h10-13,21,24H,1-9,14-20H2,(H2,28,33)/t21-,24-/m0/s1. The van der Waals surface area contributed by atoms with Crippen molar-refractivity contribution in [2.24, 2.45) is 11.7 Å². The zero-order chi connectivity index (χ0) is 25.3. The van der Waals surface area contributed by atoms with Crippen molar-refractivity contribution in [3.8, 4) is 0 Å². The van der Waals surface area contributed by atoms with E-state index in [-0.39, 0.29) is 22.8 Å². The lowest BCUT2D eigenvalue weighted by molar-refractivity contribution is -0.134. The van der Waals surface area contributed by atoms with E-state index in [1.54, 1.807) is 33.5 Å². The molecule has 0 radical (unpaired) electrons. The molecular formula is C27H40N4O4S. The molecule has 8 nitrogen and oxygen atoms in total. The highest BCUT2D eigenvalue weighted by Gasteiger charge is 2.46. The van der Waals surface area contributed by atoms with Gasteiger partial charge in [0.15, 0.2) is 0 Å². The van der Waals surface area contributed by atoms with Crippen LogP contribution >= 0.6 is 0 Å². The lowest BCUT2D eigenvalue weighted by Crippen LogP contribution is -2.63. The molecule has 5 rings (SSSR count). The van der Waals surface area contributed by atoms with Gasteiger partial charge < -0.3 is 10.6 Å². The van der Waals surface area contributed by atoms with Crippen molar-refractivity contribution in [1.29, 1.82) is 0 Å². The minimum Gasteiger partial charge on any atom is -0.368 e. The fraction of sp³-hybridized carbons (Fsp3) is 0.704. The number of sulfonamides is 1. The third-order valence-electron chi connectivity index (χ3n) is 9.20. The van der Waals surface area contributed by atoms with Crippen LogP contribution < -0.4 is 5.73 Å². The van der Waals surface area contributed by atoms with Gasteiger partial charge in [-0.25, -0.2) is 8.42 Å². The fourth-order valence-electron chi connectivity index (χ4n) is 7.09. The SMILES string of the molecule is NC(=O)C1(N2CCCCC2)CCN(C(=O)c2ccc(S(=O)(=O)N3CCC[C@@H]4CCCC[C@@H]43)cc2)CC1. The maximum Gasteiger partial charge on any atom is 0.253 e. The molecule has 0 aromatic heterocycles. The van der Waals surface area contributed by atoms with Crippen molar-refractivity contribution in [2.45, 2.75) is 87.1 Å². The van der Waals surface area contributed by atoms with E-state index in [1.165, 1.54) is 12.8 Å². The van der Waals surface area contributed by atoms with Gasteiger partial charge in [0, 0.05) is 31.2 Å². The topological polar surface area (TPSA) is 104 Å². The van der Waals surface area contributed by atoms with E-state index >= 15 is 0 Å². The Hall–Kier alpha value is -1.97. The highest BCUT2D eigenvalue weighted by atomic mass is 32.2. The number of carbonyl (C=O) groups excluding carboxylic acids is 2. The van der Waals surface area contributed by atoms with Crippen LogP contribution in [0.3, 0.4) is 0 Å². The van der Waals surface area contributed by atoms with Crippen molar-refractivity contribution >= 4 is 21.8 Å². The number of fused-ring (bicyclic) bond motifs is 1. The maximum atomic E-state index is 13.5. The van der Waals surface area contributed by atoms with E-state index in [0.717, 1.165) is 58.0 Å². The van der Waals surface area contributed by atoms with E-state index < -0.39 is 15.6 Å². The number of likely N-dealkylation sites (tertiary alicyclic amines) is 2. The highest BCUT2D eigenvalue weighted by molar-refractivity contribution is 7.89. The van der Waals surface area contributed by atoms with Crippen LogP contribution in [0.1, 0.15) is 81.0 Å². The molecule has 1 aliphatic carbocycles. The Labute approximate surface area is 215 Å². The summed E-state index contributed by atoms with van der Waals surface area (Å²) in [4.78, 5) is 30.0. The van der Waals surface area contributed by atoms with Crippen LogP contribution in [-0.2, 0) is 14.8 Å². The molecule has 198 valence electrons. The molecule has 1 saturated carbocycles. The largest absolute Gasteiger partial charge is 0.368 e. The summed E-state index contributed by atoms with van der Waals surface area (Å²) in [6.07, 6.45) is 10.8. The molecule has 2 atom stereocenters. The number of nitrogens with two attached hydrogens (primary N) is 1. The van der Waals surface area contributed by atoms with Gasteiger partial charge in [0.25, 0.3) is 5.91 Å². The average Bonchev–Trinajstić information content (AvgIpc) is 2.93. The number of benzene rings is 1. The smallest absolute Gasteiger partial charge is 0.253 e. The summed E-state index contributed by atoms with van der Waals surface area (Å²) in [6.45, 7) is 3.28. The van der Waals surface area contributed by atoms with E-state index in [1.807, 2.05) is 0 Å². The second-order valence-corrected chi connectivity index (χ2v) is 13.0. The van der Waals surface area contributed by atoms with Crippen LogP contribution in [0.5, 0.6) is 0 Å². The Kier molecular flexibility index (Phi) is 7.43. The summed E-state index contributed by atoms with van der Waals surface area (Å²) in [5.41, 5.74) is 5.69. The molecule has 1 aromatic rings. The first-order valence-corrected chi connectivity index (χ1v) is 15.2. The van der Waals surface area contributed by atoms with E-state index in [9.17, 15) is 18.0 Å². The van der Waals surface area contributed by atoms with Gasteiger partial charge in [-0.3, -0.25) is 14.5 Å². The Bertz CT molecular complexity index is 1060. The predicted molar refractivity (Wildman–Crippen MR) is 138 cm³/mol. The van der Waals surface area contributed by atoms with Crippen molar-refractivity contribution in [3.05, 3.63) is 29.8 Å². The second kappa shape index (κ2) is 10.4. The van der Waals surface area contributed by atoms with Gasteiger partial charge in [0.05, 0.1) is 4.90 Å². The quantitative estimate of drug-likeness (QED) is 0.648. The molecule has 0 bridgehead atoms. The van der Waals surface area contributed by atoms with Gasteiger partial charge in [0.1, 0.15) is 5.54 Å². The van der Waals surface area contributed by atoms with Crippen LogP contribution in [0.4, 0.5) is 0 Å². The third-order valence-corrected chi connectivity index (χ3v) is 11.1. The summed E-state index contributed by atoms with van der Waals surface area (Å²) in [6, 6.07) is 6.55. The molecular weight excluding hydrogens is 476 g/mol. The van der Waals surface area contributed by atoms with Crippen LogP contribution in [0.15, 0.2) is 29.2 Å². The molecule has 0 unspecified atom stereocenters. The zero-order valence-electron chi connectivity index (χ0n) is 21.2. The number of hydrogen-bond donors (Lipinski definition) is 1. The summed E-state index contributed by atoms with van der Waals surface area (Å²) in [5.74, 6) is 0.0599. The first kappa shape index (κ1) is 25.7. The van der Waals surface area contributed by atoms with Crippen LogP contribution in [0.2, 0.25) is 0 Å². The molecule has 2 N–H and O–H groups in total. The first-order chi connectivity index (χ1) is 17.3. The minimum atomic E-state index is -3.59. The van der Waals surface area contributed by atoms with Crippen molar-refractivity contribution < 1.29 is 18.0 Å². The van der Waals surface area contributed by atoms with E-state index in [0.29, 0.717) is 44.0 Å². The number of hydrogen-bond acceptors (Lipinski definition) is 5. The molecule has 3 saturated heterocycles. The molecule has 2 amide bonds. The Morgan fingerprint density at radius 1 is 0.806 bits per heavy atom. The second-order valence-electron chi connectivity index (χ2n) is 11.1. The normalized spacial score (nSPS) is 27.8. The highest BCUT2D eigenvalue weighted by Crippen LogP contribution is 2.38. The van der Waals surface area contributed by atoms with Gasteiger partial charge in [-0.05, 0) is 94.6 Å². The lowest BCUT2D eigenvalue weighted by atomic mass is 9.79. The lowest BCUT2D eigenvalue weighted by Gasteiger charge is -2.48. The molecule has 4 fully saturated rings. The molecule has 4 aliphatic rings. The van der Waals surface area contributed by atoms with Crippen molar-refractivity contribution in [3.63, 3.8) is 0 Å². The van der Waals surface area contributed by atoms with Crippen LogP contribution in [0, 0.1) is 5.92 Å². The maximum absolute atomic E-state index is 13.5. The van der Waals surface area contributed by atoms with E-state index in [2.05, 4.69) is 4.90 Å². The molecule has 0 spiro atoms. The summed E-state index contributed by atoms with van der Waals surface area (Å²) in [5, 5.41) is 0. The number of carbonyl (C=O) groups is 2. The van der Waals surface area contributed by atoms with E-state index in [4.69, 9.17) is 5.73 Å². The van der Waals surface area contributed by atoms with Gasteiger partial charge in [0.2, 0.25) is 15.9 Å². The fourth-order valence-corrected chi connectivity index (χ4v) is 8.84. The summed E-state index contributed by atoms with van der Waals surface area (Å²) in [7, 11) is -3.59. The first-order valence-electron chi connectivity index (χ1n) is 13.8. The molecule has 1 aromatic carbocycles. The van der Waals surface area contributed by atoms with Crippen molar-refractivity contribution in [1.82, 2.24) is 14.1 Å². The van der Waals surface area contributed by atoms with Crippen LogP contribution in [0.25, 0.3) is 0 Å². The Morgan fingerprint density at radius 2 is 1.44 bits per heavy atom. The average molecular weight is 517 g/mol. The predicted octanol–water partition coefficient (Wildman–Crippen LogP) is 2.98. The molecule has 9 heteroatoms. The molecule has 36 heavy (non-hydrogen) atoms. The third kappa shape index (κ3) is 4.70. The minimum absolute atomic E-state index is 0.109. The summed E-state index contributed by atoms with van der Waals surface area (Å²) < 4.78 is 28.7. The number of piperidine rings is 3. The van der Waals surface area contributed by atoms with Gasteiger partial charge in [-0.2, -0.15) is 4.31 Å². The molecule has 3 aliphatic heterocycles. The number of amides is 2. The van der Waals surface area contributed by atoms with Crippen molar-refractivity contribution in [2.75, 3.05) is 32.7 Å². The van der Waals surface area contributed by atoms with Gasteiger partial charge in [-0.15, -0.1) is 0 Å². The van der Waals surface area contributed by atoms with Crippen LogP contribution in [-0.4, -0.2) is 78.6 Å². The Morgan fingerprint density at radius 3 is 2.11 bits per heavy atom. The monoisotopic (exact) mass is 516 g/mol. The van der Waals surface area contributed by atoms with Gasteiger partial charge in [-0.1, -0.05) is 19.3 Å². The molecule has 3 heterocycles. The van der Waals surface area contributed by atoms with Gasteiger partial charge >= 0.3 is 0 Å². The zero-order valence-corrected chi connectivity index (χ0v) is 22.1. The number of nitrogens with zero attached hydrogens (tertiary/aromatic N) is 3. The summed E-state index contributed by atoms with van der Waals surface area (Å²) >= 11 is 0. The number of rotatable bonds is 5. The Balaban J connectivity index is 1.26. The number of primary amides is 1.